The topological polar surface area (TPSA) is 156 Å². The summed E-state index contributed by atoms with van der Waals surface area (Å²) in [5.41, 5.74) is 1.76. The molecule has 11 heteroatoms. The Morgan fingerprint density at radius 1 is 1.22 bits per heavy atom. The molecule has 2 rings (SSSR count). The average molecular weight is 400 g/mol. The molecule has 0 saturated carbocycles. The number of rotatable bonds is 3. The Hall–Kier alpha value is -2.89. The Bertz CT molecular complexity index is 1020. The Kier molecular flexibility index (Phi) is 7.11. The maximum atomic E-state index is 12.0. The molecule has 0 saturated heterocycles. The zero-order valence-electron chi connectivity index (χ0n) is 16.0. The van der Waals surface area contributed by atoms with Crippen molar-refractivity contribution in [1.29, 1.82) is 0 Å². The van der Waals surface area contributed by atoms with Gasteiger partial charge in [-0.15, -0.1) is 0 Å². The number of hydrogen-bond donors (Lipinski definition) is 2. The molecule has 0 bridgehead atoms. The van der Waals surface area contributed by atoms with Crippen molar-refractivity contribution >= 4 is 22.6 Å². The van der Waals surface area contributed by atoms with E-state index in [-0.39, 0.29) is 24.4 Å². The van der Waals surface area contributed by atoms with Gasteiger partial charge in [-0.2, -0.15) is 13.9 Å². The van der Waals surface area contributed by atoms with E-state index in [2.05, 4.69) is 0 Å². The highest BCUT2D eigenvalue weighted by atomic mass is 32.3. The summed E-state index contributed by atoms with van der Waals surface area (Å²) in [6.45, 7) is 1.84. The molecule has 1 heterocycles. The maximum absolute atomic E-state index is 12.0. The minimum absolute atomic E-state index is 0. The van der Waals surface area contributed by atoms with Gasteiger partial charge in [-0.1, -0.05) is 0 Å². The van der Waals surface area contributed by atoms with Crippen LogP contribution in [0.5, 0.6) is 17.2 Å². The summed E-state index contributed by atoms with van der Waals surface area (Å²) in [5.74, 6) is 0.0998. The quantitative estimate of drug-likeness (QED) is 0.313. The van der Waals surface area contributed by atoms with Crippen LogP contribution >= 0.6 is 0 Å². The molecule has 0 aliphatic carbocycles. The largest absolute Gasteiger partial charge is 1.00 e. The fourth-order valence-electron chi connectivity index (χ4n) is 2.13. The highest BCUT2D eigenvalue weighted by molar-refractivity contribution is 7.79. The van der Waals surface area contributed by atoms with Gasteiger partial charge in [0.05, 0.1) is 21.2 Å². The lowest BCUT2D eigenvalue weighted by Crippen LogP contribution is -2.53. The SMILES string of the molecule is COc1cc(O)cc(/C=C/c2cc(C)[n+](C)c(=O)n2C)c1O.O=S(=O)([O-])[O-].[H+]. The van der Waals surface area contributed by atoms with E-state index in [1.165, 1.54) is 23.8 Å². The number of nitrogens with zero attached hydrogens (tertiary/aromatic N) is 2. The van der Waals surface area contributed by atoms with Crippen LogP contribution in [0, 0.1) is 6.92 Å². The second-order valence-electron chi connectivity index (χ2n) is 5.44. The van der Waals surface area contributed by atoms with Crippen LogP contribution in [0.25, 0.3) is 12.2 Å². The number of aromatic nitrogens is 2. The molecule has 0 fully saturated rings. The summed E-state index contributed by atoms with van der Waals surface area (Å²) in [6.07, 6.45) is 3.31. The highest BCUT2D eigenvalue weighted by Gasteiger charge is 2.12. The molecule has 27 heavy (non-hydrogen) atoms. The van der Waals surface area contributed by atoms with Crippen molar-refractivity contribution in [1.82, 2.24) is 4.57 Å². The molecule has 10 nitrogen and oxygen atoms in total. The number of methoxy groups -OCH3 is 1. The number of aryl methyl sites for hydroxylation is 1. The first kappa shape index (κ1) is 22.2. The predicted molar refractivity (Wildman–Crippen MR) is 94.4 cm³/mol. The maximum Gasteiger partial charge on any atom is 1.00 e. The van der Waals surface area contributed by atoms with Crippen LogP contribution in [0.3, 0.4) is 0 Å². The van der Waals surface area contributed by atoms with E-state index >= 15 is 0 Å². The van der Waals surface area contributed by atoms with Gasteiger partial charge in [0.1, 0.15) is 17.1 Å². The van der Waals surface area contributed by atoms with E-state index in [4.69, 9.17) is 22.3 Å². The lowest BCUT2D eigenvalue weighted by Gasteiger charge is -2.07. The van der Waals surface area contributed by atoms with Gasteiger partial charge in [-0.25, -0.2) is 0 Å². The fraction of sp³-hybridized carbons (Fsp3) is 0.250. The summed E-state index contributed by atoms with van der Waals surface area (Å²) in [4.78, 5) is 12.0. The van der Waals surface area contributed by atoms with Crippen LogP contribution in [0.4, 0.5) is 0 Å². The van der Waals surface area contributed by atoms with Crippen LogP contribution in [-0.4, -0.2) is 39.4 Å². The number of benzene rings is 1. The molecule has 148 valence electrons. The zero-order valence-corrected chi connectivity index (χ0v) is 15.8. The average Bonchev–Trinajstić information content (AvgIpc) is 2.55. The van der Waals surface area contributed by atoms with Crippen molar-refractivity contribution in [2.75, 3.05) is 7.11 Å². The Labute approximate surface area is 157 Å². The summed E-state index contributed by atoms with van der Waals surface area (Å²) >= 11 is 0. The summed E-state index contributed by atoms with van der Waals surface area (Å²) in [6, 6.07) is 4.60. The molecule has 0 unspecified atom stereocenters. The van der Waals surface area contributed by atoms with Crippen molar-refractivity contribution in [3.8, 4) is 17.2 Å². The molecule has 1 aromatic heterocycles. The van der Waals surface area contributed by atoms with E-state index in [0.717, 1.165) is 5.69 Å². The standard InChI is InChI=1S/C16H18N2O4.H2O4S/c1-10-7-12(18(3)16(21)17(10)2)6-5-11-8-13(19)9-14(22-4)15(11)20;1-5(2,3)4/h5-9,19H,1-4H3;(H2,1,2,3,4). The van der Waals surface area contributed by atoms with Crippen molar-refractivity contribution in [2.45, 2.75) is 6.92 Å². The van der Waals surface area contributed by atoms with Crippen molar-refractivity contribution < 1.29 is 38.5 Å². The third-order valence-corrected chi connectivity index (χ3v) is 3.59. The fourth-order valence-corrected chi connectivity index (χ4v) is 2.13. The Morgan fingerprint density at radius 2 is 1.78 bits per heavy atom. The summed E-state index contributed by atoms with van der Waals surface area (Å²) < 4.78 is 42.1. The zero-order chi connectivity index (χ0) is 20.9. The van der Waals surface area contributed by atoms with Crippen LogP contribution in [0.2, 0.25) is 0 Å². The van der Waals surface area contributed by atoms with Crippen LogP contribution in [0.15, 0.2) is 23.0 Å². The minimum atomic E-state index is -5.17. The molecular formula is C16H20N2O8S. The number of phenolic OH excluding ortho intramolecular Hbond substituents is 2. The van der Waals surface area contributed by atoms with Crippen LogP contribution in [-0.2, 0) is 24.5 Å². The minimum Gasteiger partial charge on any atom is -0.759 e. The first-order valence-electron chi connectivity index (χ1n) is 7.36. The molecule has 0 radical (unpaired) electrons. The third kappa shape index (κ3) is 6.40. The van der Waals surface area contributed by atoms with Gasteiger partial charge in [0.15, 0.2) is 11.5 Å². The van der Waals surface area contributed by atoms with Gasteiger partial charge in [0.2, 0.25) is 0 Å². The smallest absolute Gasteiger partial charge is 0.759 e. The van der Waals surface area contributed by atoms with Crippen molar-refractivity contribution in [3.05, 3.63) is 45.6 Å². The van der Waals surface area contributed by atoms with E-state index in [0.29, 0.717) is 11.3 Å². The molecule has 0 spiro atoms. The van der Waals surface area contributed by atoms with E-state index < -0.39 is 10.4 Å². The molecule has 0 atom stereocenters. The Balaban J connectivity index is 0.00000108. The van der Waals surface area contributed by atoms with Gasteiger partial charge < -0.3 is 24.1 Å². The Morgan fingerprint density at radius 3 is 2.30 bits per heavy atom. The van der Waals surface area contributed by atoms with Gasteiger partial charge in [0.25, 0.3) is 0 Å². The van der Waals surface area contributed by atoms with Crippen molar-refractivity contribution in [2.24, 2.45) is 14.1 Å². The molecule has 0 aliphatic rings. The number of phenols is 2. The third-order valence-electron chi connectivity index (χ3n) is 3.59. The van der Waals surface area contributed by atoms with Crippen LogP contribution in [0.1, 0.15) is 18.4 Å². The van der Waals surface area contributed by atoms with Gasteiger partial charge in [-0.3, -0.25) is 8.42 Å². The number of hydrogen-bond acceptors (Lipinski definition) is 8. The monoisotopic (exact) mass is 400 g/mol. The first-order valence-corrected chi connectivity index (χ1v) is 8.70. The van der Waals surface area contributed by atoms with Crippen molar-refractivity contribution in [3.63, 3.8) is 0 Å². The molecule has 1 aromatic carbocycles. The van der Waals surface area contributed by atoms with E-state index in [1.54, 1.807) is 30.8 Å². The first-order chi connectivity index (χ1) is 12.3. The molecular weight excluding hydrogens is 380 g/mol. The second kappa shape index (κ2) is 8.66. The van der Waals surface area contributed by atoms with Gasteiger partial charge in [-0.05, 0) is 25.1 Å². The lowest BCUT2D eigenvalue weighted by atomic mass is 10.1. The molecule has 0 aliphatic heterocycles. The van der Waals surface area contributed by atoms with Crippen LogP contribution < -0.4 is 15.0 Å². The molecule has 2 aromatic rings. The predicted octanol–water partition coefficient (Wildman–Crippen LogP) is -0.117. The highest BCUT2D eigenvalue weighted by Crippen LogP contribution is 2.35. The summed E-state index contributed by atoms with van der Waals surface area (Å²) in [7, 11) is -0.381. The number of aromatic hydroxyl groups is 2. The van der Waals surface area contributed by atoms with E-state index in [9.17, 15) is 15.0 Å². The second-order valence-corrected chi connectivity index (χ2v) is 6.26. The van der Waals surface area contributed by atoms with Gasteiger partial charge in [0, 0.05) is 28.1 Å². The lowest BCUT2D eigenvalue weighted by molar-refractivity contribution is -0.696. The molecule has 2 N–H and O–H groups in total. The number of ether oxygens (including phenoxy) is 1. The summed E-state index contributed by atoms with van der Waals surface area (Å²) in [5, 5.41) is 19.7. The molecule has 0 amide bonds. The normalized spacial score (nSPS) is 11.2. The van der Waals surface area contributed by atoms with Gasteiger partial charge >= 0.3 is 7.12 Å². The van der Waals surface area contributed by atoms with E-state index in [1.807, 2.05) is 13.0 Å².